The molecule has 5 heteroatoms. The van der Waals surface area contributed by atoms with Crippen molar-refractivity contribution in [3.8, 4) is 0 Å². The summed E-state index contributed by atoms with van der Waals surface area (Å²) in [6.07, 6.45) is 0.661. The van der Waals surface area contributed by atoms with E-state index in [9.17, 15) is 8.42 Å². The summed E-state index contributed by atoms with van der Waals surface area (Å²) in [7, 11) is -2.95. The smallest absolute Gasteiger partial charge is 0.151 e. The number of rotatable bonds is 8. The monoisotopic (exact) mass is 303 g/mol. The highest BCUT2D eigenvalue weighted by atomic mass is 35.5. The molecule has 0 aliphatic rings. The van der Waals surface area contributed by atoms with Crippen LogP contribution in [0.25, 0.3) is 0 Å². The molecule has 0 bridgehead atoms. The van der Waals surface area contributed by atoms with E-state index in [0.717, 1.165) is 5.56 Å². The molecule has 1 atom stereocenters. The lowest BCUT2D eigenvalue weighted by Crippen LogP contribution is -2.43. The van der Waals surface area contributed by atoms with Gasteiger partial charge in [0.15, 0.2) is 9.84 Å². The molecule has 1 unspecified atom stereocenters. The fourth-order valence-electron chi connectivity index (χ4n) is 1.93. The zero-order chi connectivity index (χ0) is 14.4. The van der Waals surface area contributed by atoms with Crippen LogP contribution in [0.1, 0.15) is 25.8 Å². The Morgan fingerprint density at radius 3 is 2.37 bits per heavy atom. The third-order valence-corrected chi connectivity index (χ3v) is 5.51. The highest BCUT2D eigenvalue weighted by Gasteiger charge is 2.25. The van der Waals surface area contributed by atoms with Gasteiger partial charge >= 0.3 is 0 Å². The Morgan fingerprint density at radius 1 is 1.21 bits per heavy atom. The van der Waals surface area contributed by atoms with E-state index in [0.29, 0.717) is 18.8 Å². The lowest BCUT2D eigenvalue weighted by Gasteiger charge is -2.29. The van der Waals surface area contributed by atoms with Gasteiger partial charge < -0.3 is 5.32 Å². The first kappa shape index (κ1) is 16.5. The maximum atomic E-state index is 11.7. The van der Waals surface area contributed by atoms with Gasteiger partial charge in [-0.15, -0.1) is 11.6 Å². The summed E-state index contributed by atoms with van der Waals surface area (Å²) >= 11 is 6.04. The molecule has 0 aliphatic heterocycles. The number of halogens is 1. The van der Waals surface area contributed by atoms with E-state index in [1.807, 2.05) is 44.2 Å². The minimum Gasteiger partial charge on any atom is -0.306 e. The number of nitrogens with one attached hydrogen (secondary N) is 1. The molecule has 19 heavy (non-hydrogen) atoms. The summed E-state index contributed by atoms with van der Waals surface area (Å²) in [5.41, 5.74) is 0.669. The van der Waals surface area contributed by atoms with Crippen LogP contribution in [0, 0.1) is 0 Å². The fourth-order valence-corrected chi connectivity index (χ4v) is 3.42. The van der Waals surface area contributed by atoms with Gasteiger partial charge in [-0.05, 0) is 18.9 Å². The molecule has 3 nitrogen and oxygen atoms in total. The molecule has 1 aromatic carbocycles. The van der Waals surface area contributed by atoms with Crippen LogP contribution in [0.3, 0.4) is 0 Å². The van der Waals surface area contributed by atoms with Gasteiger partial charge in [0.2, 0.25) is 0 Å². The predicted molar refractivity (Wildman–Crippen MR) is 81.5 cm³/mol. The van der Waals surface area contributed by atoms with Crippen LogP contribution in [0.5, 0.6) is 0 Å². The fraction of sp³-hybridized carbons (Fsp3) is 0.571. The van der Waals surface area contributed by atoms with Crippen LogP contribution in [0.15, 0.2) is 30.3 Å². The van der Waals surface area contributed by atoms with Gasteiger partial charge in [0, 0.05) is 18.2 Å². The van der Waals surface area contributed by atoms with Crippen LogP contribution >= 0.6 is 11.6 Å². The van der Waals surface area contributed by atoms with Gasteiger partial charge in [0.1, 0.15) is 0 Å². The normalized spacial score (nSPS) is 15.1. The van der Waals surface area contributed by atoms with Crippen LogP contribution in [0.4, 0.5) is 0 Å². The van der Waals surface area contributed by atoms with Crippen molar-refractivity contribution in [3.05, 3.63) is 35.9 Å². The SMILES string of the molecule is CCCS(=O)(=O)CCNC(C)(CCl)c1ccccc1. The maximum Gasteiger partial charge on any atom is 0.151 e. The first-order valence-electron chi connectivity index (χ1n) is 6.50. The number of hydrogen-bond acceptors (Lipinski definition) is 3. The van der Waals surface area contributed by atoms with Gasteiger partial charge in [-0.25, -0.2) is 8.42 Å². The van der Waals surface area contributed by atoms with Gasteiger partial charge in [-0.2, -0.15) is 0 Å². The largest absolute Gasteiger partial charge is 0.306 e. The summed E-state index contributed by atoms with van der Waals surface area (Å²) in [4.78, 5) is 0. The second-order valence-corrected chi connectivity index (χ2v) is 7.48. The minimum absolute atomic E-state index is 0.153. The Kier molecular flexibility index (Phi) is 6.30. The van der Waals surface area contributed by atoms with E-state index in [1.54, 1.807) is 0 Å². The minimum atomic E-state index is -2.95. The van der Waals surface area contributed by atoms with Crippen molar-refractivity contribution in [2.75, 3.05) is 23.9 Å². The number of hydrogen-bond donors (Lipinski definition) is 1. The van der Waals surface area contributed by atoms with Crippen LogP contribution in [-0.4, -0.2) is 32.3 Å². The lowest BCUT2D eigenvalue weighted by atomic mass is 9.94. The molecular formula is C14H22ClNO2S. The van der Waals surface area contributed by atoms with Crippen molar-refractivity contribution >= 4 is 21.4 Å². The predicted octanol–water partition coefficient (Wildman–Crippen LogP) is 2.56. The van der Waals surface area contributed by atoms with E-state index >= 15 is 0 Å². The number of benzene rings is 1. The van der Waals surface area contributed by atoms with Gasteiger partial charge in [0.25, 0.3) is 0 Å². The molecule has 108 valence electrons. The summed E-state index contributed by atoms with van der Waals surface area (Å²) in [6, 6.07) is 9.85. The summed E-state index contributed by atoms with van der Waals surface area (Å²) in [6.45, 7) is 4.28. The van der Waals surface area contributed by atoms with Crippen molar-refractivity contribution in [2.45, 2.75) is 25.8 Å². The maximum absolute atomic E-state index is 11.7. The molecule has 0 radical (unpaired) electrons. The average molecular weight is 304 g/mol. The first-order chi connectivity index (χ1) is 8.93. The molecule has 1 N–H and O–H groups in total. The van der Waals surface area contributed by atoms with Crippen molar-refractivity contribution < 1.29 is 8.42 Å². The molecule has 0 aliphatic carbocycles. The molecule has 1 rings (SSSR count). The Balaban J connectivity index is 2.63. The first-order valence-corrected chi connectivity index (χ1v) is 8.86. The summed E-state index contributed by atoms with van der Waals surface area (Å²) in [5.74, 6) is 0.794. The van der Waals surface area contributed by atoms with Crippen LogP contribution < -0.4 is 5.32 Å². The highest BCUT2D eigenvalue weighted by Crippen LogP contribution is 2.21. The number of sulfone groups is 1. The highest BCUT2D eigenvalue weighted by molar-refractivity contribution is 7.91. The van der Waals surface area contributed by atoms with Crippen molar-refractivity contribution in [1.82, 2.24) is 5.32 Å². The molecule has 0 heterocycles. The topological polar surface area (TPSA) is 46.2 Å². The Hall–Kier alpha value is -0.580. The molecule has 0 aromatic heterocycles. The van der Waals surface area contributed by atoms with Crippen molar-refractivity contribution in [3.63, 3.8) is 0 Å². The van der Waals surface area contributed by atoms with E-state index in [1.165, 1.54) is 0 Å². The molecule has 1 aromatic rings. The van der Waals surface area contributed by atoms with Gasteiger partial charge in [-0.1, -0.05) is 37.3 Å². The molecular weight excluding hydrogens is 282 g/mol. The lowest BCUT2D eigenvalue weighted by molar-refractivity contribution is 0.421. The van der Waals surface area contributed by atoms with E-state index < -0.39 is 15.4 Å². The van der Waals surface area contributed by atoms with Crippen LogP contribution in [-0.2, 0) is 15.4 Å². The van der Waals surface area contributed by atoms with Gasteiger partial charge in [0.05, 0.1) is 11.3 Å². The van der Waals surface area contributed by atoms with Gasteiger partial charge in [-0.3, -0.25) is 0 Å². The summed E-state index contributed by atoms with van der Waals surface area (Å²) < 4.78 is 23.3. The Bertz CT molecular complexity index is 475. The third kappa shape index (κ3) is 5.13. The Morgan fingerprint density at radius 2 is 1.84 bits per heavy atom. The second kappa shape index (κ2) is 7.27. The van der Waals surface area contributed by atoms with E-state index in [4.69, 9.17) is 11.6 Å². The number of alkyl halides is 1. The third-order valence-electron chi connectivity index (χ3n) is 3.12. The molecule has 0 spiro atoms. The molecule has 0 fully saturated rings. The molecule has 0 saturated carbocycles. The zero-order valence-corrected chi connectivity index (χ0v) is 13.1. The molecule has 0 amide bonds. The molecule has 0 saturated heterocycles. The van der Waals surface area contributed by atoms with Crippen molar-refractivity contribution in [1.29, 1.82) is 0 Å². The zero-order valence-electron chi connectivity index (χ0n) is 11.5. The average Bonchev–Trinajstić information content (AvgIpc) is 2.39. The quantitative estimate of drug-likeness (QED) is 0.751. The second-order valence-electron chi connectivity index (χ2n) is 4.91. The van der Waals surface area contributed by atoms with E-state index in [-0.39, 0.29) is 11.5 Å². The van der Waals surface area contributed by atoms with Crippen molar-refractivity contribution in [2.24, 2.45) is 0 Å². The summed E-state index contributed by atoms with van der Waals surface area (Å²) in [5, 5.41) is 3.27. The standard InChI is InChI=1S/C14H22ClNO2S/c1-3-10-19(17,18)11-9-16-14(2,12-15)13-7-5-4-6-8-13/h4-8,16H,3,9-12H2,1-2H3. The van der Waals surface area contributed by atoms with Crippen LogP contribution in [0.2, 0.25) is 0 Å². The van der Waals surface area contributed by atoms with E-state index in [2.05, 4.69) is 5.32 Å². The Labute approximate surface area is 121 Å².